The molecule has 0 atom stereocenters. The van der Waals surface area contributed by atoms with Gasteiger partial charge in [0.15, 0.2) is 5.16 Å². The summed E-state index contributed by atoms with van der Waals surface area (Å²) in [6, 6.07) is 4.12. The first-order valence-corrected chi connectivity index (χ1v) is 7.64. The van der Waals surface area contributed by atoms with E-state index in [4.69, 9.17) is 0 Å². The summed E-state index contributed by atoms with van der Waals surface area (Å²) in [6.07, 6.45) is 4.88. The number of aryl methyl sites for hydroxylation is 2. The van der Waals surface area contributed by atoms with E-state index in [9.17, 15) is 0 Å². The van der Waals surface area contributed by atoms with Gasteiger partial charge in [-0.1, -0.05) is 6.92 Å². The Morgan fingerprint density at radius 2 is 1.90 bits per heavy atom. The van der Waals surface area contributed by atoms with Crippen molar-refractivity contribution >= 4 is 11.8 Å². The quantitative estimate of drug-likeness (QED) is 0.653. The maximum atomic E-state index is 4.48. The number of aromatic nitrogens is 3. The molecule has 0 bridgehead atoms. The summed E-state index contributed by atoms with van der Waals surface area (Å²) < 4.78 is 0. The van der Waals surface area contributed by atoms with Gasteiger partial charge in [-0.15, -0.1) is 0 Å². The molecule has 2 aromatic heterocycles. The summed E-state index contributed by atoms with van der Waals surface area (Å²) in [7, 11) is 0. The fourth-order valence-electron chi connectivity index (χ4n) is 1.85. The zero-order valence-corrected chi connectivity index (χ0v) is 13.0. The monoisotopic (exact) mass is 288 g/mol. The summed E-state index contributed by atoms with van der Waals surface area (Å²) in [5, 5.41) is 5.02. The van der Waals surface area contributed by atoms with Crippen LogP contribution in [0.2, 0.25) is 0 Å². The van der Waals surface area contributed by atoms with Crippen LogP contribution in [-0.4, -0.2) is 21.5 Å². The maximum Gasteiger partial charge on any atom is 0.193 e. The Morgan fingerprint density at radius 3 is 2.55 bits per heavy atom. The standard InChI is InChI=1S/C15H20N4S/c1-4-5-16-8-13-9-17-15(18-10-13)20-14-7-11(2)6-12(3)19-14/h6-7,9-10,16H,4-5,8H2,1-3H3. The van der Waals surface area contributed by atoms with Crippen LogP contribution in [-0.2, 0) is 6.54 Å². The van der Waals surface area contributed by atoms with Crippen LogP contribution in [0.3, 0.4) is 0 Å². The smallest absolute Gasteiger partial charge is 0.193 e. The summed E-state index contributed by atoms with van der Waals surface area (Å²) in [5.74, 6) is 0. The molecule has 0 saturated carbocycles. The molecule has 2 aromatic rings. The van der Waals surface area contributed by atoms with Crippen LogP contribution in [0.25, 0.3) is 0 Å². The SMILES string of the molecule is CCCNCc1cnc(Sc2cc(C)cc(C)n2)nc1. The summed E-state index contributed by atoms with van der Waals surface area (Å²) >= 11 is 1.50. The molecular weight excluding hydrogens is 268 g/mol. The van der Waals surface area contributed by atoms with Gasteiger partial charge in [-0.2, -0.15) is 0 Å². The minimum absolute atomic E-state index is 0.738. The average molecular weight is 288 g/mol. The van der Waals surface area contributed by atoms with Gasteiger partial charge in [0.25, 0.3) is 0 Å². The Bertz CT molecular complexity index is 534. The molecule has 0 aliphatic heterocycles. The van der Waals surface area contributed by atoms with Gasteiger partial charge in [-0.3, -0.25) is 0 Å². The minimum Gasteiger partial charge on any atom is -0.313 e. The third-order valence-corrected chi connectivity index (χ3v) is 3.52. The third-order valence-electron chi connectivity index (χ3n) is 2.71. The lowest BCUT2D eigenvalue weighted by molar-refractivity contribution is 0.669. The number of nitrogens with one attached hydrogen (secondary N) is 1. The second-order valence-electron chi connectivity index (χ2n) is 4.78. The van der Waals surface area contributed by atoms with Crippen molar-refractivity contribution in [2.45, 2.75) is 43.9 Å². The van der Waals surface area contributed by atoms with Crippen molar-refractivity contribution in [1.29, 1.82) is 0 Å². The molecule has 0 aliphatic rings. The summed E-state index contributed by atoms with van der Waals surface area (Å²) in [4.78, 5) is 13.3. The second kappa shape index (κ2) is 7.36. The summed E-state index contributed by atoms with van der Waals surface area (Å²) in [5.41, 5.74) is 3.34. The van der Waals surface area contributed by atoms with E-state index >= 15 is 0 Å². The maximum absolute atomic E-state index is 4.48. The van der Waals surface area contributed by atoms with Crippen LogP contribution in [0.4, 0.5) is 0 Å². The first-order chi connectivity index (χ1) is 9.67. The van der Waals surface area contributed by atoms with Gasteiger partial charge in [0.1, 0.15) is 5.03 Å². The van der Waals surface area contributed by atoms with Crippen molar-refractivity contribution in [1.82, 2.24) is 20.3 Å². The molecule has 4 nitrogen and oxygen atoms in total. The Morgan fingerprint density at radius 1 is 1.15 bits per heavy atom. The highest BCUT2D eigenvalue weighted by atomic mass is 32.2. The van der Waals surface area contributed by atoms with E-state index in [1.807, 2.05) is 19.3 Å². The molecule has 0 radical (unpaired) electrons. The topological polar surface area (TPSA) is 50.7 Å². The highest BCUT2D eigenvalue weighted by molar-refractivity contribution is 7.99. The Labute approximate surface area is 124 Å². The molecule has 0 spiro atoms. The van der Waals surface area contributed by atoms with Crippen molar-refractivity contribution in [2.75, 3.05) is 6.54 Å². The number of pyridine rings is 1. The highest BCUT2D eigenvalue weighted by Gasteiger charge is 2.04. The number of rotatable bonds is 6. The number of hydrogen-bond donors (Lipinski definition) is 1. The molecule has 20 heavy (non-hydrogen) atoms. The van der Waals surface area contributed by atoms with Crippen molar-refractivity contribution in [2.24, 2.45) is 0 Å². The Balaban J connectivity index is 1.99. The lowest BCUT2D eigenvalue weighted by atomic mass is 10.3. The van der Waals surface area contributed by atoms with E-state index in [2.05, 4.69) is 46.2 Å². The zero-order chi connectivity index (χ0) is 14.4. The molecule has 2 heterocycles. The first-order valence-electron chi connectivity index (χ1n) is 6.82. The molecule has 5 heteroatoms. The van der Waals surface area contributed by atoms with Crippen LogP contribution in [0.1, 0.15) is 30.2 Å². The Kier molecular flexibility index (Phi) is 5.49. The fourth-order valence-corrected chi connectivity index (χ4v) is 2.68. The molecule has 1 N–H and O–H groups in total. The van der Waals surface area contributed by atoms with E-state index in [0.29, 0.717) is 0 Å². The Hall–Kier alpha value is -1.46. The van der Waals surface area contributed by atoms with Crippen molar-refractivity contribution in [3.63, 3.8) is 0 Å². The van der Waals surface area contributed by atoms with Gasteiger partial charge in [0.05, 0.1) is 0 Å². The molecule has 0 unspecified atom stereocenters. The molecular formula is C15H20N4S. The van der Waals surface area contributed by atoms with Crippen LogP contribution in [0.15, 0.2) is 34.7 Å². The van der Waals surface area contributed by atoms with Gasteiger partial charge >= 0.3 is 0 Å². The molecule has 2 rings (SSSR count). The van der Waals surface area contributed by atoms with E-state index in [0.717, 1.165) is 41.0 Å². The predicted octanol–water partition coefficient (Wildman–Crippen LogP) is 3.14. The van der Waals surface area contributed by atoms with Crippen LogP contribution in [0, 0.1) is 13.8 Å². The lowest BCUT2D eigenvalue weighted by Gasteiger charge is -2.05. The third kappa shape index (κ3) is 4.58. The fraction of sp³-hybridized carbons (Fsp3) is 0.400. The van der Waals surface area contributed by atoms with Crippen LogP contribution in [0.5, 0.6) is 0 Å². The molecule has 0 saturated heterocycles. The predicted molar refractivity (Wildman–Crippen MR) is 81.9 cm³/mol. The lowest BCUT2D eigenvalue weighted by Crippen LogP contribution is -2.14. The van der Waals surface area contributed by atoms with Crippen molar-refractivity contribution in [3.8, 4) is 0 Å². The normalized spacial score (nSPS) is 10.8. The van der Waals surface area contributed by atoms with Gasteiger partial charge < -0.3 is 5.32 Å². The van der Waals surface area contributed by atoms with Gasteiger partial charge in [-0.25, -0.2) is 15.0 Å². The van der Waals surface area contributed by atoms with Crippen LogP contribution >= 0.6 is 11.8 Å². The second-order valence-corrected chi connectivity index (χ2v) is 5.76. The van der Waals surface area contributed by atoms with E-state index < -0.39 is 0 Å². The molecule has 0 fully saturated rings. The zero-order valence-electron chi connectivity index (χ0n) is 12.2. The van der Waals surface area contributed by atoms with Crippen molar-refractivity contribution < 1.29 is 0 Å². The van der Waals surface area contributed by atoms with E-state index in [-0.39, 0.29) is 0 Å². The molecule has 106 valence electrons. The van der Waals surface area contributed by atoms with Gasteiger partial charge in [0, 0.05) is 30.2 Å². The number of hydrogen-bond acceptors (Lipinski definition) is 5. The van der Waals surface area contributed by atoms with E-state index in [1.165, 1.54) is 17.3 Å². The van der Waals surface area contributed by atoms with Gasteiger partial charge in [-0.05, 0) is 56.3 Å². The minimum atomic E-state index is 0.738. The average Bonchev–Trinajstić information content (AvgIpc) is 2.40. The van der Waals surface area contributed by atoms with Gasteiger partial charge in [0.2, 0.25) is 0 Å². The highest BCUT2D eigenvalue weighted by Crippen LogP contribution is 2.23. The summed E-state index contributed by atoms with van der Waals surface area (Å²) in [6.45, 7) is 8.06. The first kappa shape index (κ1) is 14.9. The molecule has 0 aromatic carbocycles. The van der Waals surface area contributed by atoms with Crippen molar-refractivity contribution in [3.05, 3.63) is 41.3 Å². The van der Waals surface area contributed by atoms with E-state index in [1.54, 1.807) is 0 Å². The molecule has 0 aliphatic carbocycles. The largest absolute Gasteiger partial charge is 0.313 e. The van der Waals surface area contributed by atoms with Crippen LogP contribution < -0.4 is 5.32 Å². The number of nitrogens with zero attached hydrogens (tertiary/aromatic N) is 3. The molecule has 0 amide bonds.